The van der Waals surface area contributed by atoms with Gasteiger partial charge >= 0.3 is 0 Å². The number of nitrogens with zero attached hydrogens (tertiary/aromatic N) is 12. The number of benzene rings is 20. The Morgan fingerprint density at radius 3 is 0.833 bits per heavy atom. The van der Waals surface area contributed by atoms with Crippen molar-refractivity contribution in [2.45, 2.75) is 0 Å². The summed E-state index contributed by atoms with van der Waals surface area (Å²) in [7, 11) is 0. The third kappa shape index (κ3) is 14.6. The summed E-state index contributed by atoms with van der Waals surface area (Å²) in [4.78, 5) is 17.4. The van der Waals surface area contributed by atoms with E-state index in [2.05, 4.69) is 44.9 Å². The highest BCUT2D eigenvalue weighted by atomic mass is 19.2. The Labute approximate surface area is 749 Å². The molecule has 132 heavy (non-hydrogen) atoms. The lowest BCUT2D eigenvalue weighted by atomic mass is 9.91. The summed E-state index contributed by atoms with van der Waals surface area (Å²) in [6.45, 7) is 22.9. The molecule has 0 aliphatic carbocycles. The number of anilines is 12. The molecule has 0 fully saturated rings. The summed E-state index contributed by atoms with van der Waals surface area (Å²) in [6.07, 6.45) is 0. The van der Waals surface area contributed by atoms with Gasteiger partial charge in [-0.2, -0.15) is 26.3 Å². The zero-order valence-electron chi connectivity index (χ0n) is 68.7. The van der Waals surface area contributed by atoms with Crippen LogP contribution in [0.15, 0.2) is 340 Å². The Balaban J connectivity index is 0.000000170. The molecule has 0 amide bonds. The second-order valence-electron chi connectivity index (χ2n) is 30.9. The van der Waals surface area contributed by atoms with Crippen molar-refractivity contribution in [2.75, 3.05) is 19.6 Å². The van der Waals surface area contributed by atoms with Crippen molar-refractivity contribution in [2.24, 2.45) is 0 Å². The molecule has 20 heteroatoms. The van der Waals surface area contributed by atoms with E-state index in [1.54, 1.807) is 214 Å². The first kappa shape index (κ1) is 82.6. The summed E-state index contributed by atoms with van der Waals surface area (Å²) in [6, 6.07) is 102. The average molecular weight is 1720 g/mol. The van der Waals surface area contributed by atoms with E-state index in [-0.39, 0.29) is 61.8 Å². The summed E-state index contributed by atoms with van der Waals surface area (Å²) in [5, 5.41) is 58.5. The van der Waals surface area contributed by atoms with Crippen LogP contribution in [0, 0.1) is 123 Å². The standard InChI is InChI=1S/2C56H28F4N6/c1-63-41-15-19-44(20-16-41)66(56-48(28-40(58)30-50(56)60)38-7-4-8-42(26-38)64-2)52-24-14-36-11-21-45-51(23-13-35-12-22-46(52)54(36)53(35)45)65(43-17-9-33(31-61)10-18-43)55-47(27-39(57)29-49(55)59)37-6-3-5-34(25-37)32-62;1-64-40-16-20-42(21-17-40)66(56-48(27-39(58)29-50(56)60)44-9-5-3-7-37(44)32-63)52-25-15-35-12-22-45-51(24-14-34-13-23-46(52)54(35)53(34)45)65(41-18-10-33(30-61)11-19-41)55-47(26-38(57)28-49(55)59)43-8-4-2-6-36(43)31-62/h3-30H;2-29H. The van der Waals surface area contributed by atoms with E-state index in [0.29, 0.717) is 117 Å². The first-order valence-corrected chi connectivity index (χ1v) is 40.9. The molecular weight excluding hydrogens is 1670 g/mol. The smallest absolute Gasteiger partial charge is 0.187 e. The van der Waals surface area contributed by atoms with Gasteiger partial charge in [-0.1, -0.05) is 164 Å². The van der Waals surface area contributed by atoms with Gasteiger partial charge in [-0.15, -0.1) is 0 Å². The number of hydrogen-bond acceptors (Lipinski definition) is 9. The van der Waals surface area contributed by atoms with Crippen LogP contribution in [0.5, 0.6) is 0 Å². The quantitative estimate of drug-likeness (QED) is 0.0524. The van der Waals surface area contributed by atoms with Gasteiger partial charge in [-0.05, 0) is 206 Å². The highest BCUT2D eigenvalue weighted by Gasteiger charge is 2.33. The first-order valence-electron chi connectivity index (χ1n) is 40.9. The molecule has 0 atom stereocenters. The largest absolute Gasteiger partial charge is 0.307 e. The van der Waals surface area contributed by atoms with Gasteiger partial charge in [-0.25, -0.2) is 49.7 Å². The molecule has 620 valence electrons. The normalized spacial score (nSPS) is 11.0. The number of nitriles is 5. The summed E-state index contributed by atoms with van der Waals surface area (Å²) in [5.74, 6) is -6.83. The van der Waals surface area contributed by atoms with E-state index in [1.165, 1.54) is 24.3 Å². The molecule has 0 aliphatic rings. The molecule has 0 aliphatic heterocycles. The molecule has 0 heterocycles. The lowest BCUT2D eigenvalue weighted by molar-refractivity contribution is 0.584. The van der Waals surface area contributed by atoms with Crippen molar-refractivity contribution >= 4 is 150 Å². The maximum Gasteiger partial charge on any atom is 0.187 e. The summed E-state index contributed by atoms with van der Waals surface area (Å²) in [5.41, 5.74) is 8.25. The van der Waals surface area contributed by atoms with Crippen molar-refractivity contribution < 1.29 is 35.1 Å². The molecule has 0 aromatic heterocycles. The zero-order valence-corrected chi connectivity index (χ0v) is 68.7. The van der Waals surface area contributed by atoms with E-state index >= 15 is 35.1 Å². The predicted octanol–water partition coefficient (Wildman–Crippen LogP) is 31.8. The fourth-order valence-electron chi connectivity index (χ4n) is 17.8. The van der Waals surface area contributed by atoms with E-state index in [0.717, 1.165) is 67.4 Å². The van der Waals surface area contributed by atoms with Crippen LogP contribution >= 0.6 is 0 Å². The third-order valence-corrected chi connectivity index (χ3v) is 23.5. The fourth-order valence-corrected chi connectivity index (χ4v) is 17.8. The van der Waals surface area contributed by atoms with Gasteiger partial charge in [0.1, 0.15) is 23.3 Å². The Morgan fingerprint density at radius 1 is 0.227 bits per heavy atom. The highest BCUT2D eigenvalue weighted by molar-refractivity contribution is 6.30. The molecule has 0 saturated heterocycles. The monoisotopic (exact) mass is 1720 g/mol. The Kier molecular flexibility index (Phi) is 21.4. The predicted molar refractivity (Wildman–Crippen MR) is 503 cm³/mol. The lowest BCUT2D eigenvalue weighted by Crippen LogP contribution is -2.15. The molecule has 0 spiro atoms. The molecule has 0 radical (unpaired) electrons. The Hall–Kier alpha value is -19.0. The highest BCUT2D eigenvalue weighted by Crippen LogP contribution is 2.56. The summed E-state index contributed by atoms with van der Waals surface area (Å²) < 4.78 is 129. The van der Waals surface area contributed by atoms with Crippen LogP contribution in [0.2, 0.25) is 0 Å². The molecule has 20 aromatic carbocycles. The van der Waals surface area contributed by atoms with E-state index in [4.69, 9.17) is 19.7 Å². The van der Waals surface area contributed by atoms with Gasteiger partial charge in [0.05, 0.1) is 123 Å². The van der Waals surface area contributed by atoms with Gasteiger partial charge in [-0.3, -0.25) is 0 Å². The lowest BCUT2D eigenvalue weighted by Gasteiger charge is -2.31. The minimum absolute atomic E-state index is 0.00237. The second kappa shape index (κ2) is 34.2. The van der Waals surface area contributed by atoms with Crippen LogP contribution in [0.4, 0.5) is 120 Å². The van der Waals surface area contributed by atoms with Gasteiger partial charge in [0.2, 0.25) is 0 Å². The van der Waals surface area contributed by atoms with Gasteiger partial charge in [0, 0.05) is 102 Å². The molecule has 0 unspecified atom stereocenters. The van der Waals surface area contributed by atoms with Crippen molar-refractivity contribution in [3.05, 3.63) is 448 Å². The van der Waals surface area contributed by atoms with Crippen LogP contribution in [-0.4, -0.2) is 0 Å². The van der Waals surface area contributed by atoms with Gasteiger partial charge in [0.25, 0.3) is 0 Å². The molecule has 20 aromatic rings. The number of halogens is 8. The van der Waals surface area contributed by atoms with E-state index in [1.807, 2.05) is 97.1 Å². The van der Waals surface area contributed by atoms with Crippen molar-refractivity contribution in [3.63, 3.8) is 0 Å². The van der Waals surface area contributed by atoms with Gasteiger partial charge in [0.15, 0.2) is 40.3 Å². The maximum absolute atomic E-state index is 16.9. The van der Waals surface area contributed by atoms with Crippen LogP contribution in [0.3, 0.4) is 0 Å². The first-order chi connectivity index (χ1) is 64.4. The average Bonchev–Trinajstić information content (AvgIpc) is 0.717. The second-order valence-corrected chi connectivity index (χ2v) is 30.9. The molecular formula is C112H56F8N12. The molecule has 0 N–H and O–H groups in total. The van der Waals surface area contributed by atoms with Crippen LogP contribution in [0.25, 0.3) is 124 Å². The van der Waals surface area contributed by atoms with Crippen molar-refractivity contribution in [1.29, 1.82) is 26.3 Å². The molecule has 0 bridgehead atoms. The van der Waals surface area contributed by atoms with E-state index < -0.39 is 46.5 Å². The van der Waals surface area contributed by atoms with Crippen LogP contribution in [0.1, 0.15) is 27.8 Å². The number of hydrogen-bond donors (Lipinski definition) is 0. The van der Waals surface area contributed by atoms with Crippen molar-refractivity contribution in [1.82, 2.24) is 0 Å². The number of rotatable bonds is 16. The molecule has 20 rings (SSSR count). The third-order valence-electron chi connectivity index (χ3n) is 23.5. The topological polar surface area (TPSA) is 145 Å². The Bertz CT molecular complexity index is 8030. The fraction of sp³-hybridized carbons (Fsp3) is 0. The zero-order chi connectivity index (χ0) is 91.3. The van der Waals surface area contributed by atoms with E-state index in [9.17, 15) is 26.3 Å². The minimum atomic E-state index is -0.898. The molecule has 0 saturated carbocycles. The maximum atomic E-state index is 16.9. The van der Waals surface area contributed by atoms with Crippen LogP contribution < -0.4 is 19.6 Å². The summed E-state index contributed by atoms with van der Waals surface area (Å²) >= 11 is 0. The SMILES string of the molecule is [C-]#[N+]c1ccc(N(c2c(F)cc(F)cc2-c2cccc([N+]#[C-])c2)c2ccc3ccc4c(N(c5ccc(C#N)cc5)c5c(F)cc(F)cc5-c5cccc(C#N)c5)ccc5ccc2c3c54)cc1.[C-]#[N+]c1ccc(N(c2c(F)cc(F)cc2-c2ccccc2C#N)c2ccc3ccc4c(N(c5ccc(C#N)cc5)c5c(F)cc(F)cc5-c5ccccc5C#N)ccc5ccc2c3c54)cc1. The Morgan fingerprint density at radius 2 is 0.515 bits per heavy atom. The van der Waals surface area contributed by atoms with Crippen molar-refractivity contribution in [3.8, 4) is 74.9 Å². The molecule has 12 nitrogen and oxygen atoms in total. The van der Waals surface area contributed by atoms with Gasteiger partial charge < -0.3 is 19.6 Å². The minimum Gasteiger partial charge on any atom is -0.307 e. The van der Waals surface area contributed by atoms with Crippen LogP contribution in [-0.2, 0) is 0 Å².